The molecule has 140 valence electrons. The van der Waals surface area contributed by atoms with Crippen molar-refractivity contribution >= 4 is 8.32 Å². The lowest BCUT2D eigenvalue weighted by Crippen LogP contribution is -2.51. The van der Waals surface area contributed by atoms with Gasteiger partial charge in [0.15, 0.2) is 0 Å². The van der Waals surface area contributed by atoms with E-state index in [1.54, 1.807) is 0 Å². The van der Waals surface area contributed by atoms with Crippen LogP contribution < -0.4 is 0 Å². The van der Waals surface area contributed by atoms with Crippen LogP contribution in [0.15, 0.2) is 23.5 Å². The zero-order valence-corrected chi connectivity index (χ0v) is 18.5. The molecule has 0 saturated carbocycles. The van der Waals surface area contributed by atoms with Gasteiger partial charge in [0.1, 0.15) is 0 Å². The smallest absolute Gasteiger partial charge is 0.250 e. The zero-order chi connectivity index (χ0) is 18.9. The lowest BCUT2D eigenvalue weighted by molar-refractivity contribution is 0.00803. The van der Waals surface area contributed by atoms with Gasteiger partial charge in [-0.3, -0.25) is 0 Å². The highest BCUT2D eigenvalue weighted by molar-refractivity contribution is 6.74. The largest absolute Gasteiger partial charge is 0.547 e. The molecule has 0 amide bonds. The average molecular weight is 354 g/mol. The maximum atomic E-state index is 10.8. The van der Waals surface area contributed by atoms with E-state index in [2.05, 4.69) is 65.9 Å². The fraction of sp³-hybridized carbons (Fsp3) is 0.800. The minimum Gasteiger partial charge on any atom is -0.547 e. The van der Waals surface area contributed by atoms with Crippen molar-refractivity contribution in [2.45, 2.75) is 84.7 Å². The molecule has 0 aromatic heterocycles. The number of aliphatic hydroxyl groups is 1. The molecule has 24 heavy (non-hydrogen) atoms. The SMILES string of the molecule is CC(C)=C[C@@H](O)[C@@]1(C)CCC(O[Si](C)(C)C(C)(C)C)=C[C@H]1N(C)C. The standard InChI is InChI=1S/C20H39NO2Si/c1-15(2)13-18(22)20(6)12-11-16(14-17(20)21(7)8)23-24(9,10)19(3,4)5/h13-14,17-18,22H,11-12H2,1-10H3/t17-,18-,20+/m1/s1. The highest BCUT2D eigenvalue weighted by Gasteiger charge is 2.45. The van der Waals surface area contributed by atoms with Crippen LogP contribution in [0, 0.1) is 5.41 Å². The molecule has 0 heterocycles. The highest BCUT2D eigenvalue weighted by Crippen LogP contribution is 2.44. The number of likely N-dealkylation sites (N-methyl/N-ethyl adjacent to an activating group) is 1. The first kappa shape index (κ1) is 21.5. The molecule has 1 aliphatic carbocycles. The molecule has 4 heteroatoms. The van der Waals surface area contributed by atoms with Crippen molar-refractivity contribution in [1.82, 2.24) is 4.90 Å². The van der Waals surface area contributed by atoms with Crippen LogP contribution in [0.5, 0.6) is 0 Å². The lowest BCUT2D eigenvalue weighted by Gasteiger charge is -2.47. The summed E-state index contributed by atoms with van der Waals surface area (Å²) in [5.41, 5.74) is 0.967. The normalized spacial score (nSPS) is 26.8. The van der Waals surface area contributed by atoms with Crippen LogP contribution in [-0.4, -0.2) is 44.6 Å². The Morgan fingerprint density at radius 2 is 1.92 bits per heavy atom. The summed E-state index contributed by atoms with van der Waals surface area (Å²) in [4.78, 5) is 2.20. The first-order valence-electron chi connectivity index (χ1n) is 9.10. The molecule has 1 N–H and O–H groups in total. The summed E-state index contributed by atoms with van der Waals surface area (Å²) in [7, 11) is 2.36. The van der Waals surface area contributed by atoms with E-state index in [-0.39, 0.29) is 16.5 Å². The second kappa shape index (κ2) is 7.34. The van der Waals surface area contributed by atoms with Gasteiger partial charge in [-0.15, -0.1) is 0 Å². The summed E-state index contributed by atoms with van der Waals surface area (Å²) in [5, 5.41) is 11.0. The van der Waals surface area contributed by atoms with Crippen molar-refractivity contribution in [2.75, 3.05) is 14.1 Å². The number of rotatable bonds is 5. The van der Waals surface area contributed by atoms with E-state index in [1.807, 2.05) is 19.9 Å². The van der Waals surface area contributed by atoms with E-state index in [0.717, 1.165) is 24.2 Å². The fourth-order valence-electron chi connectivity index (χ4n) is 3.12. The molecule has 0 fully saturated rings. The van der Waals surface area contributed by atoms with E-state index in [9.17, 15) is 5.11 Å². The number of nitrogens with zero attached hydrogens (tertiary/aromatic N) is 1. The van der Waals surface area contributed by atoms with Crippen molar-refractivity contribution in [3.05, 3.63) is 23.5 Å². The van der Waals surface area contributed by atoms with Gasteiger partial charge in [-0.2, -0.15) is 0 Å². The van der Waals surface area contributed by atoms with Gasteiger partial charge < -0.3 is 14.4 Å². The molecule has 1 rings (SSSR count). The van der Waals surface area contributed by atoms with Gasteiger partial charge in [-0.1, -0.05) is 39.3 Å². The van der Waals surface area contributed by atoms with Gasteiger partial charge in [-0.25, -0.2) is 0 Å². The molecule has 0 saturated heterocycles. The van der Waals surface area contributed by atoms with E-state index in [4.69, 9.17) is 4.43 Å². The molecule has 0 radical (unpaired) electrons. The minimum atomic E-state index is -1.82. The Bertz CT molecular complexity index is 498. The summed E-state index contributed by atoms with van der Waals surface area (Å²) < 4.78 is 6.55. The van der Waals surface area contributed by atoms with E-state index in [0.29, 0.717) is 0 Å². The first-order chi connectivity index (χ1) is 10.7. The summed E-state index contributed by atoms with van der Waals surface area (Å²) in [5.74, 6) is 1.11. The number of aliphatic hydroxyl groups excluding tert-OH is 1. The van der Waals surface area contributed by atoms with Gasteiger partial charge in [0.05, 0.1) is 11.9 Å². The monoisotopic (exact) mass is 353 g/mol. The molecule has 1 aliphatic rings. The topological polar surface area (TPSA) is 32.7 Å². The Morgan fingerprint density at radius 1 is 1.38 bits per heavy atom. The average Bonchev–Trinajstić information content (AvgIpc) is 2.38. The molecule has 3 atom stereocenters. The van der Waals surface area contributed by atoms with Gasteiger partial charge >= 0.3 is 0 Å². The van der Waals surface area contributed by atoms with Crippen LogP contribution in [0.2, 0.25) is 18.1 Å². The highest BCUT2D eigenvalue weighted by atomic mass is 28.4. The molecule has 0 spiro atoms. The molecule has 3 nitrogen and oxygen atoms in total. The number of allylic oxidation sites excluding steroid dienone is 2. The maximum Gasteiger partial charge on any atom is 0.250 e. The Morgan fingerprint density at radius 3 is 2.33 bits per heavy atom. The van der Waals surface area contributed by atoms with Crippen molar-refractivity contribution < 1.29 is 9.53 Å². The van der Waals surface area contributed by atoms with E-state index < -0.39 is 14.4 Å². The van der Waals surface area contributed by atoms with Crippen molar-refractivity contribution in [2.24, 2.45) is 5.41 Å². The second-order valence-electron chi connectivity index (χ2n) is 9.60. The third-order valence-corrected chi connectivity index (χ3v) is 10.2. The second-order valence-corrected chi connectivity index (χ2v) is 14.3. The van der Waals surface area contributed by atoms with E-state index >= 15 is 0 Å². The molecule has 0 aliphatic heterocycles. The van der Waals surface area contributed by atoms with Crippen LogP contribution in [0.3, 0.4) is 0 Å². The fourth-order valence-corrected chi connectivity index (χ4v) is 4.26. The first-order valence-corrected chi connectivity index (χ1v) is 12.0. The molecule has 0 bridgehead atoms. The number of hydrogen-bond acceptors (Lipinski definition) is 3. The third kappa shape index (κ3) is 4.74. The lowest BCUT2D eigenvalue weighted by atomic mass is 9.69. The van der Waals surface area contributed by atoms with Crippen LogP contribution in [0.25, 0.3) is 0 Å². The molecular formula is C20H39NO2Si. The zero-order valence-electron chi connectivity index (χ0n) is 17.5. The van der Waals surface area contributed by atoms with Crippen molar-refractivity contribution in [1.29, 1.82) is 0 Å². The Balaban J connectivity index is 3.12. The quantitative estimate of drug-likeness (QED) is 0.561. The Labute approximate surface area is 150 Å². The van der Waals surface area contributed by atoms with Crippen LogP contribution in [0.1, 0.15) is 54.4 Å². The van der Waals surface area contributed by atoms with Gasteiger partial charge in [0, 0.05) is 17.9 Å². The Kier molecular flexibility index (Phi) is 6.57. The van der Waals surface area contributed by atoms with Crippen LogP contribution in [0.4, 0.5) is 0 Å². The summed E-state index contributed by atoms with van der Waals surface area (Å²) in [6, 6.07) is 0.164. The van der Waals surface area contributed by atoms with Crippen LogP contribution in [-0.2, 0) is 4.43 Å². The summed E-state index contributed by atoms with van der Waals surface area (Å²) >= 11 is 0. The van der Waals surface area contributed by atoms with Gasteiger partial charge in [0.2, 0.25) is 8.32 Å². The third-order valence-electron chi connectivity index (χ3n) is 5.85. The van der Waals surface area contributed by atoms with Crippen molar-refractivity contribution in [3.8, 4) is 0 Å². The number of hydrogen-bond donors (Lipinski definition) is 1. The predicted octanol–water partition coefficient (Wildman–Crippen LogP) is 4.95. The summed E-state index contributed by atoms with van der Waals surface area (Å²) in [6.45, 7) is 17.7. The van der Waals surface area contributed by atoms with Crippen molar-refractivity contribution in [3.63, 3.8) is 0 Å². The van der Waals surface area contributed by atoms with Crippen LogP contribution >= 0.6 is 0 Å². The minimum absolute atomic E-state index is 0.164. The molecule has 0 unspecified atom stereocenters. The van der Waals surface area contributed by atoms with E-state index in [1.165, 1.54) is 0 Å². The molecule has 0 aromatic carbocycles. The maximum absolute atomic E-state index is 10.8. The summed E-state index contributed by atoms with van der Waals surface area (Å²) in [6.07, 6.45) is 5.64. The molecular weight excluding hydrogens is 314 g/mol. The predicted molar refractivity (Wildman–Crippen MR) is 107 cm³/mol. The Hall–Kier alpha value is -0.583. The van der Waals surface area contributed by atoms with Gasteiger partial charge in [0.25, 0.3) is 0 Å². The molecule has 0 aromatic rings. The van der Waals surface area contributed by atoms with Gasteiger partial charge in [-0.05, 0) is 58.6 Å².